The van der Waals surface area contributed by atoms with Crippen molar-refractivity contribution in [2.75, 3.05) is 12.4 Å². The van der Waals surface area contributed by atoms with Crippen LogP contribution >= 0.6 is 0 Å². The molecule has 176 valence electrons. The van der Waals surface area contributed by atoms with Gasteiger partial charge in [0, 0.05) is 6.54 Å². The fourth-order valence-corrected chi connectivity index (χ4v) is 3.58. The van der Waals surface area contributed by atoms with Crippen molar-refractivity contribution in [3.63, 3.8) is 0 Å². The van der Waals surface area contributed by atoms with Crippen molar-refractivity contribution in [1.82, 2.24) is 19.5 Å². The summed E-state index contributed by atoms with van der Waals surface area (Å²) in [7, 11) is 1.47. The summed E-state index contributed by atoms with van der Waals surface area (Å²) in [5, 5.41) is 3.23. The number of benzene rings is 2. The van der Waals surface area contributed by atoms with Crippen molar-refractivity contribution in [2.24, 2.45) is 5.73 Å². The van der Waals surface area contributed by atoms with Crippen molar-refractivity contribution in [1.29, 1.82) is 0 Å². The van der Waals surface area contributed by atoms with E-state index in [1.165, 1.54) is 19.2 Å². The van der Waals surface area contributed by atoms with E-state index in [-0.39, 0.29) is 29.4 Å². The third-order valence-corrected chi connectivity index (χ3v) is 5.03. The average Bonchev–Trinajstić information content (AvgIpc) is 3.17. The lowest BCUT2D eigenvalue weighted by Gasteiger charge is -2.18. The number of nitrogens with one attached hydrogen (secondary N) is 1. The van der Waals surface area contributed by atoms with Crippen molar-refractivity contribution in [2.45, 2.75) is 33.4 Å². The lowest BCUT2D eigenvalue weighted by atomic mass is 10.2. The number of methoxy groups -OCH3 is 1. The molecular formula is C24H25FN6O3. The van der Waals surface area contributed by atoms with E-state index in [2.05, 4.69) is 20.3 Å². The molecule has 0 fully saturated rings. The minimum Gasteiger partial charge on any atom is -0.485 e. The Morgan fingerprint density at radius 3 is 2.62 bits per heavy atom. The van der Waals surface area contributed by atoms with Crippen LogP contribution in [0.4, 0.5) is 10.2 Å². The number of halogens is 1. The molecule has 0 saturated carbocycles. The molecule has 0 aliphatic heterocycles. The summed E-state index contributed by atoms with van der Waals surface area (Å²) in [6.45, 7) is 5.93. The lowest BCUT2D eigenvalue weighted by Crippen LogP contribution is -2.15. The third kappa shape index (κ3) is 4.47. The zero-order valence-corrected chi connectivity index (χ0v) is 19.3. The summed E-state index contributed by atoms with van der Waals surface area (Å²) in [5.74, 6) is 0.244. The number of aromatic nitrogens is 4. The fourth-order valence-electron chi connectivity index (χ4n) is 3.58. The normalized spacial score (nSPS) is 11.1. The maximum Gasteiger partial charge on any atom is 0.304 e. The molecule has 0 aliphatic rings. The van der Waals surface area contributed by atoms with Gasteiger partial charge in [-0.05, 0) is 50.6 Å². The molecule has 0 saturated heterocycles. The van der Waals surface area contributed by atoms with Gasteiger partial charge in [-0.1, -0.05) is 18.2 Å². The van der Waals surface area contributed by atoms with Crippen LogP contribution in [-0.2, 0) is 6.54 Å². The highest BCUT2D eigenvalue weighted by Crippen LogP contribution is 2.32. The van der Waals surface area contributed by atoms with Gasteiger partial charge in [0.05, 0.1) is 30.0 Å². The van der Waals surface area contributed by atoms with Crippen LogP contribution < -0.4 is 20.5 Å². The minimum atomic E-state index is -0.604. The van der Waals surface area contributed by atoms with E-state index >= 15 is 0 Å². The van der Waals surface area contributed by atoms with Crippen LogP contribution in [0.2, 0.25) is 0 Å². The molecule has 10 heteroatoms. The first-order chi connectivity index (χ1) is 16.3. The van der Waals surface area contributed by atoms with E-state index in [1.807, 2.05) is 19.9 Å². The van der Waals surface area contributed by atoms with E-state index in [4.69, 9.17) is 15.2 Å². The molecule has 0 unspecified atom stereocenters. The first-order valence-corrected chi connectivity index (χ1v) is 10.7. The number of carbonyl (C=O) groups excluding carboxylic acids is 1. The first kappa shape index (κ1) is 23.0. The number of aryl methyl sites for hydroxylation is 1. The molecule has 2 heterocycles. The number of amides is 1. The number of primary amides is 1. The van der Waals surface area contributed by atoms with Crippen molar-refractivity contribution < 1.29 is 18.7 Å². The Hall–Kier alpha value is -4.21. The van der Waals surface area contributed by atoms with Crippen molar-refractivity contribution in [3.05, 3.63) is 65.1 Å². The Balaban J connectivity index is 1.85. The molecule has 0 bridgehead atoms. The van der Waals surface area contributed by atoms with Crippen molar-refractivity contribution in [3.8, 4) is 17.7 Å². The highest BCUT2D eigenvalue weighted by molar-refractivity contribution is 6.04. The fraction of sp³-hybridized carbons (Fsp3) is 0.250. The van der Waals surface area contributed by atoms with Crippen LogP contribution in [0.3, 0.4) is 0 Å². The van der Waals surface area contributed by atoms with Gasteiger partial charge < -0.3 is 20.5 Å². The van der Waals surface area contributed by atoms with Crippen LogP contribution in [0, 0.1) is 12.7 Å². The summed E-state index contributed by atoms with van der Waals surface area (Å²) < 4.78 is 26.7. The quantitative estimate of drug-likeness (QED) is 0.408. The van der Waals surface area contributed by atoms with E-state index in [0.717, 1.165) is 5.56 Å². The standard InChI is InChI=1S/C24H25FN6O3/c1-13(2)34-20-14(3)28-23(30-22(20)27-12-15-7-5-8-16(25)11-15)31-18-10-6-9-17(21(26)32)19(18)29-24(31)33-4/h5-11,13H,12H2,1-4H3,(H2,26,32)(H,27,28,30). The van der Waals surface area contributed by atoms with E-state index in [1.54, 1.807) is 35.8 Å². The Kier molecular flexibility index (Phi) is 6.31. The SMILES string of the molecule is COc1nc2c(C(N)=O)cccc2n1-c1nc(C)c(OC(C)C)c(NCc2cccc(F)c2)n1. The summed E-state index contributed by atoms with van der Waals surface area (Å²) in [4.78, 5) is 25.6. The van der Waals surface area contributed by atoms with Crippen LogP contribution in [0.1, 0.15) is 35.5 Å². The Labute approximate surface area is 195 Å². The van der Waals surface area contributed by atoms with Gasteiger partial charge in [-0.15, -0.1) is 0 Å². The summed E-state index contributed by atoms with van der Waals surface area (Å²) in [6, 6.07) is 11.6. The van der Waals surface area contributed by atoms with Gasteiger partial charge in [-0.2, -0.15) is 9.97 Å². The number of fused-ring (bicyclic) bond motifs is 1. The Morgan fingerprint density at radius 1 is 1.18 bits per heavy atom. The summed E-state index contributed by atoms with van der Waals surface area (Å²) in [6.07, 6.45) is -0.121. The third-order valence-electron chi connectivity index (χ3n) is 5.03. The molecule has 1 amide bonds. The van der Waals surface area contributed by atoms with Gasteiger partial charge >= 0.3 is 6.01 Å². The molecule has 0 radical (unpaired) electrons. The number of hydrogen-bond acceptors (Lipinski definition) is 7. The number of anilines is 1. The number of rotatable bonds is 8. The zero-order valence-electron chi connectivity index (χ0n) is 19.3. The smallest absolute Gasteiger partial charge is 0.304 e. The number of nitrogens with two attached hydrogens (primary N) is 1. The van der Waals surface area contributed by atoms with Gasteiger partial charge in [0.2, 0.25) is 5.95 Å². The number of ether oxygens (including phenoxy) is 2. The highest BCUT2D eigenvalue weighted by Gasteiger charge is 2.22. The van der Waals surface area contributed by atoms with Gasteiger partial charge in [-0.3, -0.25) is 4.79 Å². The van der Waals surface area contributed by atoms with Gasteiger partial charge in [0.1, 0.15) is 11.3 Å². The topological polar surface area (TPSA) is 117 Å². The van der Waals surface area contributed by atoms with E-state index < -0.39 is 5.91 Å². The van der Waals surface area contributed by atoms with Gasteiger partial charge in [-0.25, -0.2) is 13.9 Å². The predicted molar refractivity (Wildman–Crippen MR) is 126 cm³/mol. The molecular weight excluding hydrogens is 439 g/mol. The lowest BCUT2D eigenvalue weighted by molar-refractivity contribution is 0.100. The maximum atomic E-state index is 13.6. The highest BCUT2D eigenvalue weighted by atomic mass is 19.1. The maximum absolute atomic E-state index is 13.6. The molecule has 34 heavy (non-hydrogen) atoms. The number of carbonyl (C=O) groups is 1. The van der Waals surface area contributed by atoms with Crippen LogP contribution in [-0.4, -0.2) is 38.6 Å². The van der Waals surface area contributed by atoms with Crippen molar-refractivity contribution >= 4 is 22.8 Å². The van der Waals surface area contributed by atoms with E-state index in [9.17, 15) is 9.18 Å². The Bertz CT molecular complexity index is 1370. The second-order valence-corrected chi connectivity index (χ2v) is 7.91. The number of nitrogens with zero attached hydrogens (tertiary/aromatic N) is 4. The molecule has 0 atom stereocenters. The molecule has 2 aromatic heterocycles. The second kappa shape index (κ2) is 9.34. The van der Waals surface area contributed by atoms with Gasteiger partial charge in [0.25, 0.3) is 5.91 Å². The first-order valence-electron chi connectivity index (χ1n) is 10.7. The minimum absolute atomic E-state index is 0.121. The Morgan fingerprint density at radius 2 is 1.94 bits per heavy atom. The molecule has 4 rings (SSSR count). The molecule has 4 aromatic rings. The van der Waals surface area contributed by atoms with Gasteiger partial charge in [0.15, 0.2) is 11.6 Å². The van der Waals surface area contributed by atoms with Crippen LogP contribution in [0.15, 0.2) is 42.5 Å². The number of hydrogen-bond donors (Lipinski definition) is 2. The predicted octanol–water partition coefficient (Wildman–Crippen LogP) is 3.77. The molecule has 9 nitrogen and oxygen atoms in total. The number of imidazole rings is 1. The molecule has 0 aliphatic carbocycles. The monoisotopic (exact) mass is 464 g/mol. The second-order valence-electron chi connectivity index (χ2n) is 7.91. The van der Waals surface area contributed by atoms with Crippen LogP contribution in [0.5, 0.6) is 11.8 Å². The number of para-hydroxylation sites is 1. The zero-order chi connectivity index (χ0) is 24.4. The van der Waals surface area contributed by atoms with E-state index in [0.29, 0.717) is 34.8 Å². The summed E-state index contributed by atoms with van der Waals surface area (Å²) >= 11 is 0. The van der Waals surface area contributed by atoms with Crippen LogP contribution in [0.25, 0.3) is 17.0 Å². The average molecular weight is 465 g/mol. The molecule has 3 N–H and O–H groups in total. The largest absolute Gasteiger partial charge is 0.485 e. The summed E-state index contributed by atoms with van der Waals surface area (Å²) in [5.41, 5.74) is 8.04. The molecule has 2 aromatic carbocycles. The molecule has 0 spiro atoms.